The molecule has 0 unspecified atom stereocenters. The maximum Gasteiger partial charge on any atom is 0.409 e. The molecule has 0 heterocycles. The van der Waals surface area contributed by atoms with Crippen molar-refractivity contribution in [3.63, 3.8) is 0 Å². The van der Waals surface area contributed by atoms with Gasteiger partial charge in [-0.15, -0.1) is 0 Å². The molecule has 4 nitrogen and oxygen atoms in total. The molecule has 6 heteroatoms. The monoisotopic (exact) mass is 263 g/mol. The van der Waals surface area contributed by atoms with E-state index in [4.69, 9.17) is 10.8 Å². The summed E-state index contributed by atoms with van der Waals surface area (Å²) in [7, 11) is 0. The number of hydrogen-bond donors (Lipinski definition) is 2. The highest BCUT2D eigenvalue weighted by Gasteiger charge is 2.10. The maximum absolute atomic E-state index is 13.0. The molecule has 3 N–H and O–H groups in total. The number of aliphatic hydroxyl groups excluding tert-OH is 1. The lowest BCUT2D eigenvalue weighted by Gasteiger charge is -2.07. The molecule has 1 aromatic carbocycles. The summed E-state index contributed by atoms with van der Waals surface area (Å²) in [6.45, 7) is -0.438. The van der Waals surface area contributed by atoms with Crippen LogP contribution in [-0.2, 0) is 6.61 Å². The summed E-state index contributed by atoms with van der Waals surface area (Å²) >= 11 is 2.91. The number of halogens is 2. The molecule has 1 amide bonds. The summed E-state index contributed by atoms with van der Waals surface area (Å²) in [6.07, 6.45) is -1.02. The van der Waals surface area contributed by atoms with Gasteiger partial charge in [0, 0.05) is 5.56 Å². The molecule has 0 atom stereocenters. The van der Waals surface area contributed by atoms with Gasteiger partial charge in [-0.05, 0) is 28.1 Å². The van der Waals surface area contributed by atoms with Crippen molar-refractivity contribution in [1.82, 2.24) is 0 Å². The Kier molecular flexibility index (Phi) is 3.43. The van der Waals surface area contributed by atoms with E-state index in [0.29, 0.717) is 0 Å². The smallest absolute Gasteiger partial charge is 0.409 e. The summed E-state index contributed by atoms with van der Waals surface area (Å²) in [5, 5.41) is 8.83. The number of hydrogen-bond acceptors (Lipinski definition) is 3. The van der Waals surface area contributed by atoms with Crippen LogP contribution in [0.25, 0.3) is 0 Å². The van der Waals surface area contributed by atoms with Gasteiger partial charge < -0.3 is 15.6 Å². The number of primary amides is 1. The molecule has 76 valence electrons. The van der Waals surface area contributed by atoms with Crippen molar-refractivity contribution in [1.29, 1.82) is 0 Å². The first-order valence-electron chi connectivity index (χ1n) is 3.60. The molecule has 0 aliphatic carbocycles. The molecule has 0 aliphatic heterocycles. The second-order valence-electron chi connectivity index (χ2n) is 2.45. The van der Waals surface area contributed by atoms with Gasteiger partial charge in [-0.2, -0.15) is 0 Å². The average Bonchev–Trinajstić information content (AvgIpc) is 2.10. The van der Waals surface area contributed by atoms with Gasteiger partial charge in [-0.1, -0.05) is 0 Å². The van der Waals surface area contributed by atoms with Crippen molar-refractivity contribution in [2.24, 2.45) is 5.73 Å². The van der Waals surface area contributed by atoms with E-state index in [-0.39, 0.29) is 15.8 Å². The molecule has 0 bridgehead atoms. The number of aliphatic hydroxyl groups is 1. The van der Waals surface area contributed by atoms with E-state index in [1.54, 1.807) is 0 Å². The predicted molar refractivity (Wildman–Crippen MR) is 50.2 cm³/mol. The topological polar surface area (TPSA) is 72.6 Å². The van der Waals surface area contributed by atoms with Crippen LogP contribution in [0.15, 0.2) is 16.6 Å². The van der Waals surface area contributed by atoms with Crippen LogP contribution < -0.4 is 10.5 Å². The van der Waals surface area contributed by atoms with Gasteiger partial charge in [0.05, 0.1) is 11.1 Å². The van der Waals surface area contributed by atoms with Gasteiger partial charge >= 0.3 is 6.09 Å². The summed E-state index contributed by atoms with van der Waals surface area (Å²) in [5.41, 5.74) is 4.94. The van der Waals surface area contributed by atoms with Gasteiger partial charge in [0.2, 0.25) is 0 Å². The Morgan fingerprint density at radius 1 is 1.64 bits per heavy atom. The van der Waals surface area contributed by atoms with Crippen molar-refractivity contribution < 1.29 is 19.0 Å². The van der Waals surface area contributed by atoms with Crippen molar-refractivity contribution in [3.8, 4) is 5.75 Å². The minimum atomic E-state index is -1.02. The first-order chi connectivity index (χ1) is 6.54. The van der Waals surface area contributed by atoms with E-state index in [9.17, 15) is 9.18 Å². The van der Waals surface area contributed by atoms with Crippen LogP contribution in [0.3, 0.4) is 0 Å². The Bertz CT molecular complexity index is 370. The Morgan fingerprint density at radius 3 is 2.79 bits per heavy atom. The molecular formula is C8H7BrFNO3. The molecule has 0 aliphatic rings. The van der Waals surface area contributed by atoms with E-state index < -0.39 is 18.5 Å². The lowest BCUT2D eigenvalue weighted by atomic mass is 10.2. The Labute approximate surface area is 87.6 Å². The molecule has 0 fully saturated rings. The van der Waals surface area contributed by atoms with E-state index in [1.807, 2.05) is 0 Å². The van der Waals surface area contributed by atoms with Gasteiger partial charge in [-0.25, -0.2) is 9.18 Å². The fourth-order valence-electron chi connectivity index (χ4n) is 0.897. The normalized spacial score (nSPS) is 9.93. The molecule has 1 aromatic rings. The quantitative estimate of drug-likeness (QED) is 0.850. The number of rotatable bonds is 2. The van der Waals surface area contributed by atoms with E-state index in [0.717, 1.165) is 6.07 Å². The minimum absolute atomic E-state index is 0.0354. The highest BCUT2D eigenvalue weighted by Crippen LogP contribution is 2.26. The van der Waals surface area contributed by atoms with Crippen LogP contribution >= 0.6 is 15.9 Å². The van der Waals surface area contributed by atoms with Gasteiger partial charge in [0.1, 0.15) is 11.6 Å². The fraction of sp³-hybridized carbons (Fsp3) is 0.125. The zero-order chi connectivity index (χ0) is 10.7. The lowest BCUT2D eigenvalue weighted by molar-refractivity contribution is 0.208. The van der Waals surface area contributed by atoms with Crippen LogP contribution in [0.4, 0.5) is 9.18 Å². The second-order valence-corrected chi connectivity index (χ2v) is 3.31. The summed E-state index contributed by atoms with van der Waals surface area (Å²) in [6, 6.07) is 2.29. The molecule has 1 rings (SSSR count). The molecule has 0 saturated heterocycles. The molecule has 0 spiro atoms. The van der Waals surface area contributed by atoms with Crippen LogP contribution in [0.5, 0.6) is 5.75 Å². The van der Waals surface area contributed by atoms with Gasteiger partial charge in [0.15, 0.2) is 0 Å². The summed E-state index contributed by atoms with van der Waals surface area (Å²) < 4.78 is 17.6. The van der Waals surface area contributed by atoms with Crippen molar-refractivity contribution in [3.05, 3.63) is 28.0 Å². The van der Waals surface area contributed by atoms with Crippen molar-refractivity contribution >= 4 is 22.0 Å². The second kappa shape index (κ2) is 4.39. The maximum atomic E-state index is 13.0. The molecule has 0 aromatic heterocycles. The molecule has 14 heavy (non-hydrogen) atoms. The summed E-state index contributed by atoms with van der Waals surface area (Å²) in [5.74, 6) is -0.515. The van der Waals surface area contributed by atoms with Gasteiger partial charge in [-0.3, -0.25) is 0 Å². The zero-order valence-corrected chi connectivity index (χ0v) is 8.54. The standard InChI is InChI=1S/C8H7BrFNO3/c9-5-2-7(14-8(11)13)4(3-12)1-6(5)10/h1-2,12H,3H2,(H2,11,13). The van der Waals surface area contributed by atoms with E-state index >= 15 is 0 Å². The molecule has 0 saturated carbocycles. The lowest BCUT2D eigenvalue weighted by Crippen LogP contribution is -2.17. The first-order valence-corrected chi connectivity index (χ1v) is 4.40. The number of nitrogens with two attached hydrogens (primary N) is 1. The van der Waals surface area contributed by atoms with Gasteiger partial charge in [0.25, 0.3) is 0 Å². The van der Waals surface area contributed by atoms with Crippen LogP contribution in [0.1, 0.15) is 5.56 Å². The molecule has 0 radical (unpaired) electrons. The summed E-state index contributed by atoms with van der Waals surface area (Å²) in [4.78, 5) is 10.4. The Balaban J connectivity index is 3.13. The largest absolute Gasteiger partial charge is 0.410 e. The third kappa shape index (κ3) is 2.43. The first kappa shape index (κ1) is 10.9. The van der Waals surface area contributed by atoms with E-state index in [2.05, 4.69) is 20.7 Å². The third-order valence-electron chi connectivity index (χ3n) is 1.48. The highest BCUT2D eigenvalue weighted by atomic mass is 79.9. The van der Waals surface area contributed by atoms with Crippen LogP contribution in [0.2, 0.25) is 0 Å². The van der Waals surface area contributed by atoms with E-state index in [1.165, 1.54) is 6.07 Å². The third-order valence-corrected chi connectivity index (χ3v) is 2.09. The number of benzene rings is 1. The SMILES string of the molecule is NC(=O)Oc1cc(Br)c(F)cc1CO. The highest BCUT2D eigenvalue weighted by molar-refractivity contribution is 9.10. The fourth-order valence-corrected chi connectivity index (χ4v) is 1.22. The number of ether oxygens (including phenoxy) is 1. The van der Waals surface area contributed by atoms with Crippen LogP contribution in [0, 0.1) is 5.82 Å². The van der Waals surface area contributed by atoms with Crippen molar-refractivity contribution in [2.75, 3.05) is 0 Å². The number of amides is 1. The number of carbonyl (C=O) groups excluding carboxylic acids is 1. The number of carbonyl (C=O) groups is 1. The Hall–Kier alpha value is -1.14. The predicted octanol–water partition coefficient (Wildman–Crippen LogP) is 1.54. The van der Waals surface area contributed by atoms with Crippen LogP contribution in [-0.4, -0.2) is 11.2 Å². The molecular weight excluding hydrogens is 257 g/mol. The zero-order valence-electron chi connectivity index (χ0n) is 6.96. The van der Waals surface area contributed by atoms with Crippen molar-refractivity contribution in [2.45, 2.75) is 6.61 Å². The Morgan fingerprint density at radius 2 is 2.29 bits per heavy atom. The minimum Gasteiger partial charge on any atom is -0.410 e. The average molecular weight is 264 g/mol.